The van der Waals surface area contributed by atoms with E-state index in [9.17, 15) is 9.59 Å². The lowest BCUT2D eigenvalue weighted by Gasteiger charge is -2.23. The predicted molar refractivity (Wildman–Crippen MR) is 93.7 cm³/mol. The molecule has 1 rings (SSSR count). The molecule has 0 heterocycles. The molecule has 2 amide bonds. The van der Waals surface area contributed by atoms with Crippen LogP contribution in [0.1, 0.15) is 25.8 Å². The van der Waals surface area contributed by atoms with Crippen LogP contribution in [-0.4, -0.2) is 43.7 Å². The second kappa shape index (κ2) is 10.8. The minimum atomic E-state index is -0.415. The van der Waals surface area contributed by atoms with Gasteiger partial charge < -0.3 is 15.4 Å². The van der Waals surface area contributed by atoms with Crippen LogP contribution >= 0.6 is 15.9 Å². The minimum absolute atomic E-state index is 0.0445. The Hall–Kier alpha value is -1.89. The van der Waals surface area contributed by atoms with Crippen molar-refractivity contribution in [2.24, 2.45) is 0 Å². The standard InChI is InChI=1S/C13H17BrN4O2.C2H6/c1-16-11-8-9(14)4-5-10(11)12(15)18(6-3-7-19)13(20)17-2;1-2/h4-5,7-8,15-16H,3,6H2,1-2H3,(H,17,20);1-2H3. The van der Waals surface area contributed by atoms with E-state index in [0.29, 0.717) is 5.56 Å². The van der Waals surface area contributed by atoms with Crippen LogP contribution in [0.25, 0.3) is 0 Å². The second-order valence-electron chi connectivity index (χ2n) is 3.95. The van der Waals surface area contributed by atoms with Gasteiger partial charge in [0.05, 0.1) is 0 Å². The Morgan fingerprint density at radius 1 is 1.36 bits per heavy atom. The fourth-order valence-electron chi connectivity index (χ4n) is 1.71. The van der Waals surface area contributed by atoms with E-state index >= 15 is 0 Å². The summed E-state index contributed by atoms with van der Waals surface area (Å²) in [6, 6.07) is 4.95. The summed E-state index contributed by atoms with van der Waals surface area (Å²) >= 11 is 3.36. The fourth-order valence-corrected chi connectivity index (χ4v) is 2.07. The van der Waals surface area contributed by atoms with E-state index in [4.69, 9.17) is 5.41 Å². The van der Waals surface area contributed by atoms with Gasteiger partial charge in [-0.15, -0.1) is 0 Å². The Balaban J connectivity index is 0.00000211. The monoisotopic (exact) mass is 370 g/mol. The van der Waals surface area contributed by atoms with E-state index in [2.05, 4.69) is 26.6 Å². The maximum absolute atomic E-state index is 11.8. The Kier molecular flexibility index (Phi) is 9.86. The molecule has 0 bridgehead atoms. The van der Waals surface area contributed by atoms with Crippen molar-refractivity contribution in [1.29, 1.82) is 5.41 Å². The number of urea groups is 1. The first-order valence-corrected chi connectivity index (χ1v) is 7.83. The SMILES string of the molecule is CC.CNC(=O)N(CCC=O)C(=N)c1ccc(Br)cc1NC. The molecule has 1 aromatic carbocycles. The third kappa shape index (κ3) is 5.48. The summed E-state index contributed by atoms with van der Waals surface area (Å²) in [5.41, 5.74) is 1.31. The van der Waals surface area contributed by atoms with Crippen molar-refractivity contribution in [2.45, 2.75) is 20.3 Å². The highest BCUT2D eigenvalue weighted by Gasteiger charge is 2.20. The highest BCUT2D eigenvalue weighted by atomic mass is 79.9. The number of benzene rings is 1. The average Bonchev–Trinajstić information content (AvgIpc) is 2.56. The van der Waals surface area contributed by atoms with Crippen molar-refractivity contribution in [3.8, 4) is 0 Å². The van der Waals surface area contributed by atoms with Crippen LogP contribution in [0.4, 0.5) is 10.5 Å². The van der Waals surface area contributed by atoms with Crippen molar-refractivity contribution in [2.75, 3.05) is 26.0 Å². The van der Waals surface area contributed by atoms with Crippen molar-refractivity contribution >= 4 is 39.8 Å². The first-order chi connectivity index (χ1) is 10.5. The number of carbonyl (C=O) groups is 2. The molecule has 122 valence electrons. The van der Waals surface area contributed by atoms with Gasteiger partial charge in [-0.25, -0.2) is 4.79 Å². The average molecular weight is 371 g/mol. The van der Waals surface area contributed by atoms with E-state index in [1.54, 1.807) is 19.2 Å². The van der Waals surface area contributed by atoms with Crippen LogP contribution in [0.2, 0.25) is 0 Å². The summed E-state index contributed by atoms with van der Waals surface area (Å²) in [5.74, 6) is 0.0445. The van der Waals surface area contributed by atoms with E-state index in [-0.39, 0.29) is 18.8 Å². The van der Waals surface area contributed by atoms with Gasteiger partial charge in [-0.1, -0.05) is 29.8 Å². The lowest BCUT2D eigenvalue weighted by atomic mass is 10.1. The van der Waals surface area contributed by atoms with Gasteiger partial charge >= 0.3 is 6.03 Å². The summed E-state index contributed by atoms with van der Waals surface area (Å²) < 4.78 is 0.873. The Morgan fingerprint density at radius 2 is 2.00 bits per heavy atom. The van der Waals surface area contributed by atoms with Gasteiger partial charge in [0, 0.05) is 42.8 Å². The Bertz CT molecular complexity index is 520. The highest BCUT2D eigenvalue weighted by molar-refractivity contribution is 9.10. The third-order valence-corrected chi connectivity index (χ3v) is 3.20. The van der Waals surface area contributed by atoms with E-state index in [0.717, 1.165) is 16.4 Å². The quantitative estimate of drug-likeness (QED) is 0.422. The van der Waals surface area contributed by atoms with E-state index in [1.807, 2.05) is 19.9 Å². The molecular weight excluding hydrogens is 348 g/mol. The largest absolute Gasteiger partial charge is 0.387 e. The zero-order chi connectivity index (χ0) is 17.1. The molecule has 6 nitrogen and oxygen atoms in total. The number of amidine groups is 1. The molecule has 0 aliphatic heterocycles. The number of hydrogen-bond acceptors (Lipinski definition) is 4. The number of amides is 2. The molecule has 0 aromatic heterocycles. The lowest BCUT2D eigenvalue weighted by Crippen LogP contribution is -2.43. The van der Waals surface area contributed by atoms with Crippen LogP contribution in [0.3, 0.4) is 0 Å². The van der Waals surface area contributed by atoms with Crippen LogP contribution in [0, 0.1) is 5.41 Å². The van der Waals surface area contributed by atoms with Gasteiger partial charge in [-0.3, -0.25) is 10.3 Å². The van der Waals surface area contributed by atoms with Gasteiger partial charge in [-0.2, -0.15) is 0 Å². The molecule has 3 N–H and O–H groups in total. The zero-order valence-electron chi connectivity index (χ0n) is 13.4. The number of rotatable bonds is 5. The molecule has 0 unspecified atom stereocenters. The first-order valence-electron chi connectivity index (χ1n) is 7.04. The molecule has 1 aromatic rings. The van der Waals surface area contributed by atoms with Crippen molar-refractivity contribution in [3.63, 3.8) is 0 Å². The summed E-state index contributed by atoms with van der Waals surface area (Å²) in [6.07, 6.45) is 0.908. The maximum Gasteiger partial charge on any atom is 0.322 e. The van der Waals surface area contributed by atoms with Gasteiger partial charge in [0.2, 0.25) is 0 Å². The number of anilines is 1. The maximum atomic E-state index is 11.8. The smallest absolute Gasteiger partial charge is 0.322 e. The Labute approximate surface area is 139 Å². The normalized spacial score (nSPS) is 9.14. The topological polar surface area (TPSA) is 85.3 Å². The van der Waals surface area contributed by atoms with Crippen LogP contribution in [0.5, 0.6) is 0 Å². The summed E-state index contributed by atoms with van der Waals surface area (Å²) in [4.78, 5) is 23.6. The molecule has 0 saturated carbocycles. The van der Waals surface area contributed by atoms with Crippen molar-refractivity contribution in [1.82, 2.24) is 10.2 Å². The molecule has 0 spiro atoms. The molecule has 0 radical (unpaired) electrons. The summed E-state index contributed by atoms with van der Waals surface area (Å²) in [5, 5.41) is 13.7. The number of carbonyl (C=O) groups excluding carboxylic acids is 2. The number of hydrogen-bond donors (Lipinski definition) is 3. The highest BCUT2D eigenvalue weighted by Crippen LogP contribution is 2.22. The second-order valence-corrected chi connectivity index (χ2v) is 4.87. The van der Waals surface area contributed by atoms with Gasteiger partial charge in [0.1, 0.15) is 12.1 Å². The van der Waals surface area contributed by atoms with E-state index < -0.39 is 6.03 Å². The van der Waals surface area contributed by atoms with Gasteiger partial charge in [-0.05, 0) is 18.2 Å². The number of halogens is 1. The number of nitrogens with zero attached hydrogens (tertiary/aromatic N) is 1. The molecule has 0 aliphatic rings. The first kappa shape index (κ1) is 20.1. The van der Waals surface area contributed by atoms with E-state index in [1.165, 1.54) is 11.9 Å². The summed E-state index contributed by atoms with van der Waals surface area (Å²) in [6.45, 7) is 4.17. The molecular formula is C15H23BrN4O2. The minimum Gasteiger partial charge on any atom is -0.387 e. The van der Waals surface area contributed by atoms with Crippen molar-refractivity contribution in [3.05, 3.63) is 28.2 Å². The van der Waals surface area contributed by atoms with Gasteiger partial charge in [0.25, 0.3) is 0 Å². The lowest BCUT2D eigenvalue weighted by molar-refractivity contribution is -0.107. The van der Waals surface area contributed by atoms with Crippen LogP contribution in [-0.2, 0) is 4.79 Å². The predicted octanol–water partition coefficient (Wildman–Crippen LogP) is 3.07. The zero-order valence-corrected chi connectivity index (χ0v) is 15.0. The van der Waals surface area contributed by atoms with Crippen LogP contribution < -0.4 is 10.6 Å². The van der Waals surface area contributed by atoms with Crippen LogP contribution in [0.15, 0.2) is 22.7 Å². The Morgan fingerprint density at radius 3 is 2.50 bits per heavy atom. The fraction of sp³-hybridized carbons (Fsp3) is 0.400. The molecule has 0 aliphatic carbocycles. The number of aldehydes is 1. The molecule has 7 heteroatoms. The molecule has 22 heavy (non-hydrogen) atoms. The van der Waals surface area contributed by atoms with Crippen molar-refractivity contribution < 1.29 is 9.59 Å². The molecule has 0 atom stereocenters. The van der Waals surface area contributed by atoms with Gasteiger partial charge in [0.15, 0.2) is 0 Å². The third-order valence-electron chi connectivity index (χ3n) is 2.71. The molecule has 0 saturated heterocycles. The molecule has 0 fully saturated rings. The number of nitrogens with one attached hydrogen (secondary N) is 3. The summed E-state index contributed by atoms with van der Waals surface area (Å²) in [7, 11) is 3.23.